The zero-order valence-corrected chi connectivity index (χ0v) is 14.6. The van der Waals surface area contributed by atoms with Gasteiger partial charge in [-0.3, -0.25) is 4.79 Å². The third kappa shape index (κ3) is 3.29. The molecule has 128 valence electrons. The number of carbonyl (C=O) groups excluding carboxylic acids is 1. The maximum absolute atomic E-state index is 12.6. The molecular formula is C23H19NO2. The van der Waals surface area contributed by atoms with Crippen LogP contribution in [0.15, 0.2) is 83.3 Å². The molecule has 0 unspecified atom stereocenters. The van der Waals surface area contributed by atoms with Gasteiger partial charge in [0.05, 0.1) is 0 Å². The lowest BCUT2D eigenvalue weighted by molar-refractivity contribution is -0.119. The van der Waals surface area contributed by atoms with Crippen molar-refractivity contribution in [1.29, 1.82) is 0 Å². The van der Waals surface area contributed by atoms with Crippen molar-refractivity contribution in [3.63, 3.8) is 0 Å². The lowest BCUT2D eigenvalue weighted by Gasteiger charge is -2.10. The highest BCUT2D eigenvalue weighted by Crippen LogP contribution is 2.26. The van der Waals surface area contributed by atoms with Gasteiger partial charge in [0.2, 0.25) is 5.89 Å². The molecule has 1 atom stereocenters. The van der Waals surface area contributed by atoms with E-state index in [1.807, 2.05) is 85.8 Å². The largest absolute Gasteiger partial charge is 0.436 e. The molecule has 0 bridgehead atoms. The van der Waals surface area contributed by atoms with E-state index in [2.05, 4.69) is 4.98 Å². The molecule has 0 aliphatic heterocycles. The molecule has 0 saturated heterocycles. The molecule has 0 amide bonds. The van der Waals surface area contributed by atoms with E-state index in [-0.39, 0.29) is 11.7 Å². The summed E-state index contributed by atoms with van der Waals surface area (Å²) < 4.78 is 5.90. The van der Waals surface area contributed by atoms with Gasteiger partial charge in [-0.05, 0) is 35.4 Å². The number of fused-ring (bicyclic) bond motifs is 1. The molecule has 3 aromatic carbocycles. The Morgan fingerprint density at radius 1 is 0.962 bits per heavy atom. The first-order valence-electron chi connectivity index (χ1n) is 8.73. The summed E-state index contributed by atoms with van der Waals surface area (Å²) in [5.74, 6) is 0.668. The Morgan fingerprint density at radius 3 is 2.38 bits per heavy atom. The molecule has 0 fully saturated rings. The van der Waals surface area contributed by atoms with Crippen LogP contribution in [0.4, 0.5) is 0 Å². The van der Waals surface area contributed by atoms with Crippen LogP contribution >= 0.6 is 0 Å². The second kappa shape index (κ2) is 6.96. The van der Waals surface area contributed by atoms with E-state index in [4.69, 9.17) is 4.42 Å². The van der Waals surface area contributed by atoms with Gasteiger partial charge in [-0.15, -0.1) is 0 Å². The molecule has 26 heavy (non-hydrogen) atoms. The van der Waals surface area contributed by atoms with Crippen LogP contribution in [0, 0.1) is 0 Å². The summed E-state index contributed by atoms with van der Waals surface area (Å²) in [4.78, 5) is 17.2. The molecule has 4 rings (SSSR count). The van der Waals surface area contributed by atoms with E-state index in [1.54, 1.807) is 0 Å². The van der Waals surface area contributed by atoms with E-state index in [9.17, 15) is 4.79 Å². The van der Waals surface area contributed by atoms with Gasteiger partial charge in [-0.25, -0.2) is 4.98 Å². The SMILES string of the molecule is C[C@H](C(=O)Cc1ccc2nc(-c3ccccc3)oc2c1)c1ccccc1. The lowest BCUT2D eigenvalue weighted by Crippen LogP contribution is -2.11. The Balaban J connectivity index is 1.57. The number of hydrogen-bond donors (Lipinski definition) is 0. The van der Waals surface area contributed by atoms with Gasteiger partial charge in [-0.1, -0.05) is 61.5 Å². The summed E-state index contributed by atoms with van der Waals surface area (Å²) in [6.07, 6.45) is 0.382. The van der Waals surface area contributed by atoms with Crippen LogP contribution in [0.25, 0.3) is 22.6 Å². The fraction of sp³-hybridized carbons (Fsp3) is 0.130. The minimum atomic E-state index is -0.124. The van der Waals surface area contributed by atoms with Gasteiger partial charge in [0.25, 0.3) is 0 Å². The zero-order valence-electron chi connectivity index (χ0n) is 14.6. The van der Waals surface area contributed by atoms with Crippen LogP contribution < -0.4 is 0 Å². The van der Waals surface area contributed by atoms with Gasteiger partial charge in [0, 0.05) is 17.9 Å². The Kier molecular flexibility index (Phi) is 4.36. The van der Waals surface area contributed by atoms with Crippen LogP contribution in [0.2, 0.25) is 0 Å². The number of Topliss-reactive ketones (excluding diaryl/α,β-unsaturated/α-hetero) is 1. The van der Waals surface area contributed by atoms with Crippen molar-refractivity contribution in [2.24, 2.45) is 0 Å². The average Bonchev–Trinajstić information content (AvgIpc) is 3.12. The number of aromatic nitrogens is 1. The summed E-state index contributed by atoms with van der Waals surface area (Å²) in [5.41, 5.74) is 4.45. The van der Waals surface area contributed by atoms with Crippen LogP contribution in [-0.2, 0) is 11.2 Å². The van der Waals surface area contributed by atoms with Crippen LogP contribution in [-0.4, -0.2) is 10.8 Å². The number of nitrogens with zero attached hydrogens (tertiary/aromatic N) is 1. The third-order valence-electron chi connectivity index (χ3n) is 4.63. The molecular weight excluding hydrogens is 322 g/mol. The van der Waals surface area contributed by atoms with Crippen molar-refractivity contribution in [2.75, 3.05) is 0 Å². The first-order valence-corrected chi connectivity index (χ1v) is 8.73. The first kappa shape index (κ1) is 16.3. The van der Waals surface area contributed by atoms with Gasteiger partial charge >= 0.3 is 0 Å². The van der Waals surface area contributed by atoms with Crippen LogP contribution in [0.1, 0.15) is 24.0 Å². The summed E-state index contributed by atoms with van der Waals surface area (Å²) in [7, 11) is 0. The minimum Gasteiger partial charge on any atom is -0.436 e. The molecule has 0 aliphatic rings. The molecule has 4 aromatic rings. The summed E-state index contributed by atoms with van der Waals surface area (Å²) >= 11 is 0. The molecule has 0 spiro atoms. The smallest absolute Gasteiger partial charge is 0.227 e. The quantitative estimate of drug-likeness (QED) is 0.487. The lowest BCUT2D eigenvalue weighted by atomic mass is 9.93. The van der Waals surface area contributed by atoms with Gasteiger partial charge in [-0.2, -0.15) is 0 Å². The number of rotatable bonds is 5. The van der Waals surface area contributed by atoms with Crippen molar-refractivity contribution >= 4 is 16.9 Å². The Bertz CT molecular complexity index is 1040. The number of benzene rings is 3. The fourth-order valence-electron chi connectivity index (χ4n) is 3.07. The molecule has 1 heterocycles. The number of hydrogen-bond acceptors (Lipinski definition) is 3. The number of oxazole rings is 1. The summed E-state index contributed by atoms with van der Waals surface area (Å²) in [5, 5.41) is 0. The van der Waals surface area contributed by atoms with Crippen molar-refractivity contribution < 1.29 is 9.21 Å². The highest BCUT2D eigenvalue weighted by Gasteiger charge is 2.16. The van der Waals surface area contributed by atoms with E-state index < -0.39 is 0 Å². The summed E-state index contributed by atoms with van der Waals surface area (Å²) in [6.45, 7) is 1.96. The second-order valence-electron chi connectivity index (χ2n) is 6.46. The minimum absolute atomic E-state index is 0.124. The molecule has 3 nitrogen and oxygen atoms in total. The zero-order chi connectivity index (χ0) is 17.9. The van der Waals surface area contributed by atoms with E-state index in [0.29, 0.717) is 17.9 Å². The predicted octanol–water partition coefficient (Wildman–Crippen LogP) is 5.41. The Hall–Kier alpha value is -3.20. The molecule has 1 aromatic heterocycles. The standard InChI is InChI=1S/C23H19NO2/c1-16(18-8-4-2-5-9-18)21(25)14-17-12-13-20-22(15-17)26-23(24-20)19-10-6-3-7-11-19/h2-13,15-16H,14H2,1H3/t16-/m0/s1. The van der Waals surface area contributed by atoms with Gasteiger partial charge in [0.15, 0.2) is 5.58 Å². The monoisotopic (exact) mass is 341 g/mol. The highest BCUT2D eigenvalue weighted by atomic mass is 16.3. The third-order valence-corrected chi connectivity index (χ3v) is 4.63. The van der Waals surface area contributed by atoms with Crippen molar-refractivity contribution in [2.45, 2.75) is 19.3 Å². The molecule has 0 N–H and O–H groups in total. The number of ketones is 1. The predicted molar refractivity (Wildman–Crippen MR) is 103 cm³/mol. The van der Waals surface area contributed by atoms with E-state index >= 15 is 0 Å². The van der Waals surface area contributed by atoms with Crippen molar-refractivity contribution in [3.8, 4) is 11.5 Å². The maximum Gasteiger partial charge on any atom is 0.227 e. The first-order chi connectivity index (χ1) is 12.7. The van der Waals surface area contributed by atoms with Gasteiger partial charge in [0.1, 0.15) is 11.3 Å². The highest BCUT2D eigenvalue weighted by molar-refractivity contribution is 5.88. The molecule has 3 heteroatoms. The molecule has 0 saturated carbocycles. The Labute approximate surface area is 152 Å². The maximum atomic E-state index is 12.6. The van der Waals surface area contributed by atoms with Crippen molar-refractivity contribution in [1.82, 2.24) is 4.98 Å². The van der Waals surface area contributed by atoms with Crippen LogP contribution in [0.5, 0.6) is 0 Å². The Morgan fingerprint density at radius 2 is 1.65 bits per heavy atom. The molecule has 0 aliphatic carbocycles. The average molecular weight is 341 g/mol. The number of carbonyl (C=O) groups is 1. The van der Waals surface area contributed by atoms with Crippen molar-refractivity contribution in [3.05, 3.63) is 90.0 Å². The normalized spacial score (nSPS) is 12.2. The second-order valence-corrected chi connectivity index (χ2v) is 6.46. The summed E-state index contributed by atoms with van der Waals surface area (Å²) in [6, 6.07) is 25.5. The fourth-order valence-corrected chi connectivity index (χ4v) is 3.07. The topological polar surface area (TPSA) is 43.1 Å². The van der Waals surface area contributed by atoms with Crippen LogP contribution in [0.3, 0.4) is 0 Å². The van der Waals surface area contributed by atoms with E-state index in [1.165, 1.54) is 0 Å². The van der Waals surface area contributed by atoms with Gasteiger partial charge < -0.3 is 4.42 Å². The van der Waals surface area contributed by atoms with E-state index in [0.717, 1.165) is 22.2 Å². The molecule has 0 radical (unpaired) electrons.